The Morgan fingerprint density at radius 2 is 2.00 bits per heavy atom. The van der Waals surface area contributed by atoms with Crippen molar-refractivity contribution in [2.45, 2.75) is 46.8 Å². The highest BCUT2D eigenvalue weighted by Crippen LogP contribution is 2.32. The van der Waals surface area contributed by atoms with E-state index in [1.165, 1.54) is 11.1 Å². The van der Waals surface area contributed by atoms with Gasteiger partial charge in [-0.05, 0) is 25.3 Å². The second kappa shape index (κ2) is 7.70. The zero-order valence-corrected chi connectivity index (χ0v) is 16.6. The fraction of sp³-hybridized carbons (Fsp3) is 0.611. The molecule has 144 valence electrons. The predicted molar refractivity (Wildman–Crippen MR) is 100.0 cm³/mol. The highest BCUT2D eigenvalue weighted by Gasteiger charge is 2.38. The Hall–Kier alpha value is -2.02. The number of esters is 1. The maximum Gasteiger partial charge on any atom is 0.407 e. The molecule has 1 fully saturated rings. The highest BCUT2D eigenvalue weighted by molar-refractivity contribution is 6.33. The number of rotatable bonds is 3. The molecule has 0 aromatic carbocycles. The third-order valence-corrected chi connectivity index (χ3v) is 4.60. The van der Waals surface area contributed by atoms with Crippen LogP contribution in [0.4, 0.5) is 10.6 Å². The molecule has 1 saturated heterocycles. The van der Waals surface area contributed by atoms with E-state index in [4.69, 9.17) is 16.3 Å². The van der Waals surface area contributed by atoms with E-state index in [9.17, 15) is 14.7 Å². The van der Waals surface area contributed by atoms with Crippen molar-refractivity contribution in [2.24, 2.45) is 5.41 Å². The van der Waals surface area contributed by atoms with E-state index in [1.807, 2.05) is 25.7 Å². The molecule has 26 heavy (non-hydrogen) atoms. The average molecular weight is 384 g/mol. The molecule has 0 aliphatic carbocycles. The molecule has 1 atom stereocenters. The quantitative estimate of drug-likeness (QED) is 0.804. The molecule has 2 rings (SSSR count). The maximum absolute atomic E-state index is 12.0. The molecule has 1 aliphatic rings. The fourth-order valence-corrected chi connectivity index (χ4v) is 3.29. The number of amides is 1. The van der Waals surface area contributed by atoms with E-state index < -0.39 is 12.1 Å². The Bertz CT molecular complexity index is 688. The summed E-state index contributed by atoms with van der Waals surface area (Å²) in [6.07, 6.45) is 0.301. The van der Waals surface area contributed by atoms with Crippen molar-refractivity contribution in [2.75, 3.05) is 24.5 Å². The first-order chi connectivity index (χ1) is 12.0. The van der Waals surface area contributed by atoms with Crippen LogP contribution in [-0.2, 0) is 4.74 Å². The van der Waals surface area contributed by atoms with E-state index in [1.54, 1.807) is 19.9 Å². The number of carbonyl (C=O) groups is 2. The summed E-state index contributed by atoms with van der Waals surface area (Å²) in [5, 5.41) is 9.81. The van der Waals surface area contributed by atoms with Gasteiger partial charge in [0.05, 0.1) is 22.7 Å². The van der Waals surface area contributed by atoms with Crippen LogP contribution >= 0.6 is 11.6 Å². The zero-order chi connectivity index (χ0) is 19.6. The number of piperazine rings is 1. The maximum atomic E-state index is 12.0. The summed E-state index contributed by atoms with van der Waals surface area (Å²) < 4.78 is 5.16. The second-order valence-corrected chi connectivity index (χ2v) is 8.19. The largest absolute Gasteiger partial charge is 0.465 e. The van der Waals surface area contributed by atoms with Crippen LogP contribution in [0.1, 0.15) is 45.0 Å². The fourth-order valence-electron chi connectivity index (χ4n) is 3.00. The zero-order valence-electron chi connectivity index (χ0n) is 15.8. The monoisotopic (exact) mass is 383 g/mol. The van der Waals surface area contributed by atoms with Crippen molar-refractivity contribution >= 4 is 29.5 Å². The summed E-state index contributed by atoms with van der Waals surface area (Å²) in [6, 6.07) is 1.35. The summed E-state index contributed by atoms with van der Waals surface area (Å²) in [4.78, 5) is 31.3. The lowest BCUT2D eigenvalue weighted by atomic mass is 9.84. The summed E-state index contributed by atoms with van der Waals surface area (Å²) in [6.45, 7) is 10.9. The number of halogens is 1. The van der Waals surface area contributed by atoms with Gasteiger partial charge in [-0.3, -0.25) is 0 Å². The Morgan fingerprint density at radius 3 is 2.50 bits per heavy atom. The smallest absolute Gasteiger partial charge is 0.407 e. The van der Waals surface area contributed by atoms with Crippen LogP contribution < -0.4 is 4.90 Å². The minimum Gasteiger partial charge on any atom is -0.465 e. The molecular weight excluding hydrogens is 358 g/mol. The number of aromatic nitrogens is 1. The lowest BCUT2D eigenvalue weighted by Gasteiger charge is -2.46. The number of hydrogen-bond donors (Lipinski definition) is 1. The van der Waals surface area contributed by atoms with Crippen molar-refractivity contribution in [1.29, 1.82) is 0 Å². The summed E-state index contributed by atoms with van der Waals surface area (Å²) >= 11 is 6.36. The number of carbonyl (C=O) groups excluding carboxylic acids is 1. The molecule has 1 aromatic heterocycles. The summed E-state index contributed by atoms with van der Waals surface area (Å²) in [5.41, 5.74) is 0.0638. The van der Waals surface area contributed by atoms with Gasteiger partial charge in [0, 0.05) is 25.8 Å². The van der Waals surface area contributed by atoms with E-state index in [-0.39, 0.29) is 17.6 Å². The molecule has 0 radical (unpaired) electrons. The highest BCUT2D eigenvalue weighted by atomic mass is 35.5. The van der Waals surface area contributed by atoms with Gasteiger partial charge in [0.25, 0.3) is 0 Å². The van der Waals surface area contributed by atoms with Gasteiger partial charge in [0.15, 0.2) is 0 Å². The third-order valence-electron chi connectivity index (χ3n) is 4.33. The standard InChI is InChI=1S/C18H26ClN3O4/c1-11(2)26-16(23)12-8-13(19)15(20-9-12)21-6-7-22(17(24)25)14(10-21)18(3,4)5/h8-9,11,14H,6-7,10H2,1-5H3,(H,24,25)/t14-/m1/s1. The van der Waals surface area contributed by atoms with Crippen molar-refractivity contribution in [3.8, 4) is 0 Å². The first-order valence-electron chi connectivity index (χ1n) is 8.61. The Balaban J connectivity index is 2.23. The Labute approximate surface area is 158 Å². The number of hydrogen-bond acceptors (Lipinski definition) is 5. The molecule has 2 heterocycles. The van der Waals surface area contributed by atoms with Gasteiger partial charge < -0.3 is 19.6 Å². The Kier molecular flexibility index (Phi) is 6.01. The molecule has 0 bridgehead atoms. The van der Waals surface area contributed by atoms with Gasteiger partial charge in [0.1, 0.15) is 5.82 Å². The lowest BCUT2D eigenvalue weighted by Crippen LogP contribution is -2.59. The van der Waals surface area contributed by atoms with Crippen molar-refractivity contribution in [3.05, 3.63) is 22.8 Å². The molecular formula is C18H26ClN3O4. The van der Waals surface area contributed by atoms with Gasteiger partial charge >= 0.3 is 12.1 Å². The molecule has 0 saturated carbocycles. The van der Waals surface area contributed by atoms with Crippen molar-refractivity contribution in [1.82, 2.24) is 9.88 Å². The van der Waals surface area contributed by atoms with Gasteiger partial charge in [-0.25, -0.2) is 14.6 Å². The molecule has 1 N–H and O–H groups in total. The van der Waals surface area contributed by atoms with Crippen LogP contribution in [0, 0.1) is 5.41 Å². The minimum absolute atomic E-state index is 0.197. The van der Waals surface area contributed by atoms with Crippen LogP contribution in [0.25, 0.3) is 0 Å². The van der Waals surface area contributed by atoms with Gasteiger partial charge in [-0.15, -0.1) is 0 Å². The van der Waals surface area contributed by atoms with Crippen LogP contribution in [-0.4, -0.2) is 58.8 Å². The van der Waals surface area contributed by atoms with Crippen LogP contribution in [0.2, 0.25) is 5.02 Å². The van der Waals surface area contributed by atoms with Gasteiger partial charge in [0.2, 0.25) is 0 Å². The number of carboxylic acid groups (broad SMARTS) is 1. The van der Waals surface area contributed by atoms with Gasteiger partial charge in [-0.2, -0.15) is 0 Å². The molecule has 8 heteroatoms. The predicted octanol–water partition coefficient (Wildman–Crippen LogP) is 3.51. The molecule has 1 aliphatic heterocycles. The first kappa shape index (κ1) is 20.3. The van der Waals surface area contributed by atoms with Gasteiger partial charge in [-0.1, -0.05) is 32.4 Å². The summed E-state index contributed by atoms with van der Waals surface area (Å²) in [7, 11) is 0. The van der Waals surface area contributed by atoms with E-state index >= 15 is 0 Å². The normalized spacial score (nSPS) is 18.2. The van der Waals surface area contributed by atoms with Crippen LogP contribution in [0.15, 0.2) is 12.3 Å². The number of pyridine rings is 1. The Morgan fingerprint density at radius 1 is 1.35 bits per heavy atom. The van der Waals surface area contributed by atoms with Crippen LogP contribution in [0.3, 0.4) is 0 Å². The molecule has 7 nitrogen and oxygen atoms in total. The molecule has 0 unspecified atom stereocenters. The number of anilines is 1. The minimum atomic E-state index is -0.921. The second-order valence-electron chi connectivity index (χ2n) is 7.79. The number of ether oxygens (including phenoxy) is 1. The lowest BCUT2D eigenvalue weighted by molar-refractivity contribution is 0.0377. The van der Waals surface area contributed by atoms with E-state index in [0.29, 0.717) is 36.0 Å². The average Bonchev–Trinajstić information content (AvgIpc) is 2.52. The summed E-state index contributed by atoms with van der Waals surface area (Å²) in [5.74, 6) is 0.0799. The number of nitrogens with zero attached hydrogens (tertiary/aromatic N) is 3. The first-order valence-corrected chi connectivity index (χ1v) is 8.99. The van der Waals surface area contributed by atoms with E-state index in [0.717, 1.165) is 0 Å². The molecule has 1 aromatic rings. The topological polar surface area (TPSA) is 83.0 Å². The van der Waals surface area contributed by atoms with Crippen molar-refractivity contribution in [3.63, 3.8) is 0 Å². The van der Waals surface area contributed by atoms with E-state index in [2.05, 4.69) is 4.98 Å². The SMILES string of the molecule is CC(C)OC(=O)c1cnc(N2CCN(C(=O)O)[C@@H](C(C)(C)C)C2)c(Cl)c1. The third kappa shape index (κ3) is 4.58. The van der Waals surface area contributed by atoms with Crippen molar-refractivity contribution < 1.29 is 19.4 Å². The molecule has 0 spiro atoms. The van der Waals surface area contributed by atoms with Crippen LogP contribution in [0.5, 0.6) is 0 Å². The molecule has 1 amide bonds.